The van der Waals surface area contributed by atoms with Crippen LogP contribution in [0.5, 0.6) is 0 Å². The average Bonchev–Trinajstić information content (AvgIpc) is 2.34. The molecule has 18 heavy (non-hydrogen) atoms. The van der Waals surface area contributed by atoms with Gasteiger partial charge >= 0.3 is 5.69 Å². The summed E-state index contributed by atoms with van der Waals surface area (Å²) in [5.41, 5.74) is 1.81. The first-order chi connectivity index (χ1) is 8.65. The van der Waals surface area contributed by atoms with Crippen LogP contribution in [0.25, 0.3) is 0 Å². The second-order valence-electron chi connectivity index (χ2n) is 4.39. The van der Waals surface area contributed by atoms with Crippen LogP contribution >= 0.6 is 0 Å². The number of hydrogen-bond donors (Lipinski definition) is 1. The van der Waals surface area contributed by atoms with Crippen molar-refractivity contribution in [1.82, 2.24) is 9.55 Å². The van der Waals surface area contributed by atoms with Gasteiger partial charge in [0.15, 0.2) is 0 Å². The Morgan fingerprint density at radius 2 is 1.83 bits per heavy atom. The summed E-state index contributed by atoms with van der Waals surface area (Å²) >= 11 is 0. The lowest BCUT2D eigenvalue weighted by Crippen LogP contribution is -2.28. The summed E-state index contributed by atoms with van der Waals surface area (Å²) in [6, 6.07) is 9.74. The Hall–Kier alpha value is -2.10. The van der Waals surface area contributed by atoms with E-state index >= 15 is 0 Å². The van der Waals surface area contributed by atoms with Crippen LogP contribution in [0.3, 0.4) is 0 Å². The van der Waals surface area contributed by atoms with Crippen molar-refractivity contribution < 1.29 is 0 Å². The van der Waals surface area contributed by atoms with Gasteiger partial charge in [0, 0.05) is 18.8 Å². The third-order valence-corrected chi connectivity index (χ3v) is 2.88. The van der Waals surface area contributed by atoms with Gasteiger partial charge in [0.1, 0.15) is 0 Å². The van der Waals surface area contributed by atoms with Crippen LogP contribution in [-0.2, 0) is 13.0 Å². The second-order valence-corrected chi connectivity index (χ2v) is 4.39. The van der Waals surface area contributed by atoms with Gasteiger partial charge in [-0.2, -0.15) is 0 Å². The number of benzene rings is 1. The molecule has 1 aromatic heterocycles. The summed E-state index contributed by atoms with van der Waals surface area (Å²) in [6.45, 7) is 2.67. The maximum atomic E-state index is 11.4. The number of nitrogens with zero attached hydrogens (tertiary/aromatic N) is 1. The molecule has 1 N–H and O–H groups in total. The molecule has 2 aromatic rings. The van der Waals surface area contributed by atoms with Crippen molar-refractivity contribution >= 4 is 0 Å². The van der Waals surface area contributed by atoms with E-state index in [1.54, 1.807) is 0 Å². The fourth-order valence-electron chi connectivity index (χ4n) is 1.83. The number of aromatic nitrogens is 2. The molecule has 4 heteroatoms. The van der Waals surface area contributed by atoms with Gasteiger partial charge in [-0.25, -0.2) is 4.79 Å². The molecule has 0 saturated carbocycles. The zero-order chi connectivity index (χ0) is 13.0. The molecular weight excluding hydrogens is 228 g/mol. The Bertz CT molecular complexity index is 623. The molecule has 0 unspecified atom stereocenters. The first-order valence-electron chi connectivity index (χ1n) is 6.00. The lowest BCUT2D eigenvalue weighted by molar-refractivity contribution is 0.605. The largest absolute Gasteiger partial charge is 0.328 e. The highest BCUT2D eigenvalue weighted by atomic mass is 16.2. The first-order valence-corrected chi connectivity index (χ1v) is 6.00. The third-order valence-electron chi connectivity index (χ3n) is 2.88. The highest BCUT2D eigenvalue weighted by Gasteiger charge is 1.97. The average molecular weight is 244 g/mol. The molecule has 94 valence electrons. The summed E-state index contributed by atoms with van der Waals surface area (Å²) in [5, 5.41) is 0. The first kappa shape index (κ1) is 12.4. The van der Waals surface area contributed by atoms with E-state index in [1.165, 1.54) is 28.0 Å². The number of aryl methyl sites for hydroxylation is 3. The zero-order valence-electron chi connectivity index (χ0n) is 10.3. The third kappa shape index (κ3) is 3.20. The molecule has 2 rings (SSSR count). The fraction of sp³-hybridized carbons (Fsp3) is 0.286. The quantitative estimate of drug-likeness (QED) is 0.885. The van der Waals surface area contributed by atoms with E-state index in [1.807, 2.05) is 0 Å². The van der Waals surface area contributed by atoms with Crippen molar-refractivity contribution in [1.29, 1.82) is 0 Å². The molecular formula is C14H16N2O2. The summed E-state index contributed by atoms with van der Waals surface area (Å²) in [7, 11) is 0. The van der Waals surface area contributed by atoms with Crippen LogP contribution in [0.1, 0.15) is 17.5 Å². The minimum atomic E-state index is -0.352. The summed E-state index contributed by atoms with van der Waals surface area (Å²) < 4.78 is 1.52. The van der Waals surface area contributed by atoms with Gasteiger partial charge < -0.3 is 4.57 Å². The fourth-order valence-corrected chi connectivity index (χ4v) is 1.83. The monoisotopic (exact) mass is 244 g/mol. The van der Waals surface area contributed by atoms with Crippen molar-refractivity contribution in [2.45, 2.75) is 26.3 Å². The van der Waals surface area contributed by atoms with E-state index < -0.39 is 0 Å². The molecule has 0 radical (unpaired) electrons. The number of hydrogen-bond acceptors (Lipinski definition) is 2. The van der Waals surface area contributed by atoms with Crippen LogP contribution in [0.15, 0.2) is 46.1 Å². The van der Waals surface area contributed by atoms with E-state index in [-0.39, 0.29) is 11.2 Å². The van der Waals surface area contributed by atoms with Gasteiger partial charge in [0.25, 0.3) is 5.56 Å². The molecule has 0 bridgehead atoms. The van der Waals surface area contributed by atoms with Gasteiger partial charge in [-0.15, -0.1) is 0 Å². The number of H-pyrrole nitrogens is 1. The maximum Gasteiger partial charge on any atom is 0.328 e. The summed E-state index contributed by atoms with van der Waals surface area (Å²) in [4.78, 5) is 24.6. The number of aromatic amines is 1. The van der Waals surface area contributed by atoms with E-state index in [4.69, 9.17) is 0 Å². The van der Waals surface area contributed by atoms with Crippen LogP contribution < -0.4 is 11.2 Å². The molecule has 0 amide bonds. The van der Waals surface area contributed by atoms with Crippen LogP contribution in [0.2, 0.25) is 0 Å². The van der Waals surface area contributed by atoms with Crippen molar-refractivity contribution in [2.24, 2.45) is 0 Å². The minimum Gasteiger partial charge on any atom is -0.301 e. The lowest BCUT2D eigenvalue weighted by Gasteiger charge is -2.05. The normalized spacial score (nSPS) is 10.5. The SMILES string of the molecule is Cc1ccc(CCCn2ccc(=O)[nH]c2=O)cc1. The van der Waals surface area contributed by atoms with Crippen molar-refractivity contribution in [3.8, 4) is 0 Å². The number of rotatable bonds is 4. The molecule has 0 aliphatic rings. The second kappa shape index (κ2) is 5.49. The van der Waals surface area contributed by atoms with Crippen molar-refractivity contribution in [3.05, 3.63) is 68.5 Å². The van der Waals surface area contributed by atoms with Gasteiger partial charge in [-0.05, 0) is 25.3 Å². The lowest BCUT2D eigenvalue weighted by atomic mass is 10.1. The maximum absolute atomic E-state index is 11.4. The molecule has 0 aliphatic heterocycles. The van der Waals surface area contributed by atoms with E-state index in [0.717, 1.165) is 12.8 Å². The Morgan fingerprint density at radius 3 is 2.50 bits per heavy atom. The van der Waals surface area contributed by atoms with Gasteiger partial charge in [0.2, 0.25) is 0 Å². The van der Waals surface area contributed by atoms with E-state index in [9.17, 15) is 9.59 Å². The molecule has 1 aromatic carbocycles. The zero-order valence-corrected chi connectivity index (χ0v) is 10.3. The Kier molecular flexibility index (Phi) is 3.77. The van der Waals surface area contributed by atoms with Crippen molar-refractivity contribution in [2.75, 3.05) is 0 Å². The van der Waals surface area contributed by atoms with E-state index in [0.29, 0.717) is 6.54 Å². The summed E-state index contributed by atoms with van der Waals surface area (Å²) in [5.74, 6) is 0. The minimum absolute atomic E-state index is 0.341. The van der Waals surface area contributed by atoms with Crippen molar-refractivity contribution in [3.63, 3.8) is 0 Å². The standard InChI is InChI=1S/C14H16N2O2/c1-11-4-6-12(7-5-11)3-2-9-16-10-8-13(17)15-14(16)18/h4-8,10H,2-3,9H2,1H3,(H,15,17,18). The Balaban J connectivity index is 1.94. The van der Waals surface area contributed by atoms with Crippen LogP contribution in [0, 0.1) is 6.92 Å². The molecule has 1 heterocycles. The van der Waals surface area contributed by atoms with E-state index in [2.05, 4.69) is 36.2 Å². The molecule has 0 saturated heterocycles. The molecule has 0 aliphatic carbocycles. The topological polar surface area (TPSA) is 54.9 Å². The molecule has 0 spiro atoms. The highest BCUT2D eigenvalue weighted by molar-refractivity contribution is 5.21. The number of nitrogens with one attached hydrogen (secondary N) is 1. The Morgan fingerprint density at radius 1 is 1.11 bits per heavy atom. The van der Waals surface area contributed by atoms with Gasteiger partial charge in [-0.3, -0.25) is 9.78 Å². The van der Waals surface area contributed by atoms with Gasteiger partial charge in [-0.1, -0.05) is 29.8 Å². The Labute approximate surface area is 105 Å². The van der Waals surface area contributed by atoms with Crippen LogP contribution in [0.4, 0.5) is 0 Å². The predicted octanol–water partition coefficient (Wildman–Crippen LogP) is 1.48. The predicted molar refractivity (Wildman–Crippen MR) is 70.8 cm³/mol. The highest BCUT2D eigenvalue weighted by Crippen LogP contribution is 2.06. The summed E-state index contributed by atoms with van der Waals surface area (Å²) in [6.07, 6.45) is 3.33. The molecule has 0 fully saturated rings. The van der Waals surface area contributed by atoms with Gasteiger partial charge in [0.05, 0.1) is 0 Å². The van der Waals surface area contributed by atoms with Crippen LogP contribution in [-0.4, -0.2) is 9.55 Å². The smallest absolute Gasteiger partial charge is 0.301 e. The molecule has 4 nitrogen and oxygen atoms in total. The molecule has 0 atom stereocenters.